The van der Waals surface area contributed by atoms with Gasteiger partial charge in [-0.05, 0) is 31.2 Å². The van der Waals surface area contributed by atoms with E-state index in [4.69, 9.17) is 4.74 Å². The highest BCUT2D eigenvalue weighted by atomic mass is 32.1. The van der Waals surface area contributed by atoms with Gasteiger partial charge in [0.1, 0.15) is 5.60 Å². The smallest absolute Gasteiger partial charge is 0.225 e. The zero-order valence-corrected chi connectivity index (χ0v) is 17.4. The summed E-state index contributed by atoms with van der Waals surface area (Å²) in [5, 5.41) is 5.34. The fraction of sp³-hybridized carbons (Fsp3) is 0.600. The minimum atomic E-state index is -0.250. The number of hydrogen-bond donors (Lipinski definition) is 1. The molecule has 7 heteroatoms. The molecular formula is C20H27N3O2S2. The average Bonchev–Trinajstić information content (AvgIpc) is 3.30. The van der Waals surface area contributed by atoms with E-state index in [0.29, 0.717) is 6.42 Å². The van der Waals surface area contributed by atoms with Crippen LogP contribution in [-0.2, 0) is 22.5 Å². The van der Waals surface area contributed by atoms with Gasteiger partial charge in [-0.1, -0.05) is 18.9 Å². The molecule has 0 radical (unpaired) electrons. The topological polar surface area (TPSA) is 54.5 Å². The van der Waals surface area contributed by atoms with E-state index in [-0.39, 0.29) is 17.6 Å². The lowest BCUT2D eigenvalue weighted by molar-refractivity contribution is -0.151. The van der Waals surface area contributed by atoms with E-state index < -0.39 is 0 Å². The second kappa shape index (κ2) is 8.39. The molecule has 146 valence electrons. The van der Waals surface area contributed by atoms with Gasteiger partial charge in [0.2, 0.25) is 5.91 Å². The molecule has 1 N–H and O–H groups in total. The van der Waals surface area contributed by atoms with E-state index in [0.717, 1.165) is 56.1 Å². The maximum atomic E-state index is 12.6. The Hall–Kier alpha value is -1.28. The summed E-state index contributed by atoms with van der Waals surface area (Å²) in [6, 6.07) is 4.12. The van der Waals surface area contributed by atoms with Crippen LogP contribution >= 0.6 is 22.7 Å². The number of aromatic nitrogens is 1. The van der Waals surface area contributed by atoms with E-state index in [1.165, 1.54) is 11.3 Å². The van der Waals surface area contributed by atoms with Gasteiger partial charge in [-0.3, -0.25) is 9.69 Å². The van der Waals surface area contributed by atoms with Crippen LogP contribution in [0.15, 0.2) is 23.0 Å². The van der Waals surface area contributed by atoms with E-state index in [9.17, 15) is 4.79 Å². The molecule has 0 bridgehead atoms. The second-order valence-electron chi connectivity index (χ2n) is 7.61. The number of aryl methyl sites for hydroxylation is 1. The molecule has 1 spiro atoms. The number of rotatable bonds is 5. The highest BCUT2D eigenvalue weighted by molar-refractivity contribution is 7.10. The summed E-state index contributed by atoms with van der Waals surface area (Å²) in [7, 11) is 0. The zero-order chi connectivity index (χ0) is 18.7. The van der Waals surface area contributed by atoms with Crippen LogP contribution in [0.4, 0.5) is 0 Å². The van der Waals surface area contributed by atoms with E-state index >= 15 is 0 Å². The van der Waals surface area contributed by atoms with Crippen LogP contribution in [0.1, 0.15) is 41.1 Å². The number of thiophene rings is 1. The van der Waals surface area contributed by atoms with Crippen molar-refractivity contribution in [1.29, 1.82) is 0 Å². The molecule has 2 fully saturated rings. The van der Waals surface area contributed by atoms with Gasteiger partial charge in [0, 0.05) is 29.4 Å². The summed E-state index contributed by atoms with van der Waals surface area (Å²) in [6.07, 6.45) is 4.82. The Morgan fingerprint density at radius 3 is 3.15 bits per heavy atom. The maximum absolute atomic E-state index is 12.6. The number of morpholine rings is 1. The molecule has 1 saturated carbocycles. The monoisotopic (exact) mass is 405 g/mol. The van der Waals surface area contributed by atoms with E-state index in [2.05, 4.69) is 22.1 Å². The van der Waals surface area contributed by atoms with E-state index in [1.54, 1.807) is 22.7 Å². The number of ether oxygens (including phenoxy) is 1. The fourth-order valence-corrected chi connectivity index (χ4v) is 5.81. The number of nitrogens with one attached hydrogen (secondary N) is 1. The summed E-state index contributed by atoms with van der Waals surface area (Å²) in [5.41, 5.74) is 2.81. The Labute approximate surface area is 168 Å². The van der Waals surface area contributed by atoms with Crippen LogP contribution < -0.4 is 5.32 Å². The van der Waals surface area contributed by atoms with Crippen LogP contribution in [-0.4, -0.2) is 47.1 Å². The first-order valence-electron chi connectivity index (χ1n) is 9.72. The lowest BCUT2D eigenvalue weighted by Crippen LogP contribution is -2.64. The zero-order valence-electron chi connectivity index (χ0n) is 15.8. The number of carbonyl (C=O) groups excluding carboxylic acids is 1. The van der Waals surface area contributed by atoms with Crippen molar-refractivity contribution < 1.29 is 9.53 Å². The van der Waals surface area contributed by atoms with Gasteiger partial charge >= 0.3 is 0 Å². The third kappa shape index (κ3) is 4.42. The first-order valence-corrected chi connectivity index (χ1v) is 11.5. The predicted molar refractivity (Wildman–Crippen MR) is 109 cm³/mol. The highest BCUT2D eigenvalue weighted by Gasteiger charge is 2.45. The first kappa shape index (κ1) is 19.1. The number of carbonyl (C=O) groups is 1. The summed E-state index contributed by atoms with van der Waals surface area (Å²) in [4.78, 5) is 21.9. The van der Waals surface area contributed by atoms with Crippen molar-refractivity contribution in [2.45, 2.75) is 57.2 Å². The molecule has 2 aromatic rings. The summed E-state index contributed by atoms with van der Waals surface area (Å²) < 4.78 is 6.37. The Bertz CT molecular complexity index is 757. The summed E-state index contributed by atoms with van der Waals surface area (Å²) in [6.45, 7) is 5.56. The van der Waals surface area contributed by atoms with Crippen molar-refractivity contribution in [3.05, 3.63) is 38.5 Å². The third-order valence-corrected chi connectivity index (χ3v) is 7.52. The molecule has 27 heavy (non-hydrogen) atoms. The molecule has 1 aliphatic carbocycles. The van der Waals surface area contributed by atoms with Crippen LogP contribution in [0, 0.1) is 6.92 Å². The summed E-state index contributed by atoms with van der Waals surface area (Å²) in [5.74, 6) is 0.114. The quantitative estimate of drug-likeness (QED) is 0.829. The molecule has 2 atom stereocenters. The fourth-order valence-electron chi connectivity index (χ4n) is 4.29. The third-order valence-electron chi connectivity index (χ3n) is 5.73. The standard InChI is InChI=1S/C20H27N3O2S2/c1-15-17(27-14-21-15)12-23-8-9-25-20(13-23)7-3-2-6-18(20)22-19(24)11-16-5-4-10-26-16/h4-5,10,14,18H,2-3,6-9,11-13H2,1H3,(H,22,24)/t18-,20-/m1/s1. The first-order chi connectivity index (χ1) is 13.1. The van der Waals surface area contributed by atoms with Crippen molar-refractivity contribution in [2.75, 3.05) is 19.7 Å². The minimum Gasteiger partial charge on any atom is -0.370 e. The maximum Gasteiger partial charge on any atom is 0.225 e. The van der Waals surface area contributed by atoms with Crippen molar-refractivity contribution in [3.63, 3.8) is 0 Å². The number of thiazole rings is 1. The second-order valence-corrected chi connectivity index (χ2v) is 9.58. The lowest BCUT2D eigenvalue weighted by atomic mass is 9.78. The van der Waals surface area contributed by atoms with Crippen molar-refractivity contribution in [1.82, 2.24) is 15.2 Å². The number of amides is 1. The van der Waals surface area contributed by atoms with Crippen molar-refractivity contribution in [3.8, 4) is 0 Å². The average molecular weight is 406 g/mol. The van der Waals surface area contributed by atoms with Gasteiger partial charge in [0.25, 0.3) is 0 Å². The van der Waals surface area contributed by atoms with Gasteiger partial charge in [-0.25, -0.2) is 4.98 Å². The van der Waals surface area contributed by atoms with Crippen LogP contribution in [0.2, 0.25) is 0 Å². The number of hydrogen-bond acceptors (Lipinski definition) is 6. The van der Waals surface area contributed by atoms with Gasteiger partial charge < -0.3 is 10.1 Å². The molecular weight excluding hydrogens is 378 g/mol. The SMILES string of the molecule is Cc1ncsc1CN1CCO[C@]2(CCCC[C@H]2NC(=O)Cc2cccs2)C1. The Balaban J connectivity index is 1.43. The molecule has 1 aliphatic heterocycles. The van der Waals surface area contributed by atoms with Gasteiger partial charge in [0.05, 0.1) is 30.3 Å². The van der Waals surface area contributed by atoms with Gasteiger partial charge in [-0.15, -0.1) is 22.7 Å². The molecule has 5 nitrogen and oxygen atoms in total. The molecule has 2 aliphatic rings. The van der Waals surface area contributed by atoms with Crippen LogP contribution in [0.5, 0.6) is 0 Å². The lowest BCUT2D eigenvalue weighted by Gasteiger charge is -2.49. The summed E-state index contributed by atoms with van der Waals surface area (Å²) >= 11 is 3.37. The Morgan fingerprint density at radius 1 is 1.44 bits per heavy atom. The number of nitrogens with zero attached hydrogens (tertiary/aromatic N) is 2. The largest absolute Gasteiger partial charge is 0.370 e. The molecule has 1 saturated heterocycles. The molecule has 0 aromatic carbocycles. The van der Waals surface area contributed by atoms with Crippen molar-refractivity contribution in [2.24, 2.45) is 0 Å². The predicted octanol–water partition coefficient (Wildman–Crippen LogP) is 3.39. The molecule has 4 rings (SSSR count). The molecule has 2 aromatic heterocycles. The molecule has 0 unspecified atom stereocenters. The highest BCUT2D eigenvalue weighted by Crippen LogP contribution is 2.35. The van der Waals surface area contributed by atoms with Crippen LogP contribution in [0.3, 0.4) is 0 Å². The molecule has 1 amide bonds. The van der Waals surface area contributed by atoms with Gasteiger partial charge in [-0.2, -0.15) is 0 Å². The van der Waals surface area contributed by atoms with Gasteiger partial charge in [0.15, 0.2) is 0 Å². The van der Waals surface area contributed by atoms with Crippen molar-refractivity contribution >= 4 is 28.6 Å². The normalized spacial score (nSPS) is 26.3. The Kier molecular flexibility index (Phi) is 5.92. The van der Waals surface area contributed by atoms with E-state index in [1.807, 2.05) is 23.0 Å². The minimum absolute atomic E-state index is 0.101. The molecule has 3 heterocycles. The Morgan fingerprint density at radius 2 is 2.37 bits per heavy atom. The van der Waals surface area contributed by atoms with Crippen LogP contribution in [0.25, 0.3) is 0 Å².